The van der Waals surface area contributed by atoms with Gasteiger partial charge >= 0.3 is 21.7 Å². The summed E-state index contributed by atoms with van der Waals surface area (Å²) in [5.74, 6) is 0.730. The molecule has 1 N–H and O–H groups in total. The van der Waals surface area contributed by atoms with E-state index in [1.54, 1.807) is 21.9 Å². The van der Waals surface area contributed by atoms with Crippen LogP contribution >= 0.6 is 0 Å². The maximum atomic E-state index is 6.94. The molecule has 0 amide bonds. The third-order valence-corrected chi connectivity index (χ3v) is 5.06. The molecule has 0 aromatic rings. The van der Waals surface area contributed by atoms with Crippen molar-refractivity contribution in [3.8, 4) is 0 Å². The minimum Gasteiger partial charge on any atom is -0.673 e. The second-order valence-electron chi connectivity index (χ2n) is 6.32. The summed E-state index contributed by atoms with van der Waals surface area (Å²) in [4.78, 5) is 0. The van der Waals surface area contributed by atoms with E-state index in [0.29, 0.717) is 0 Å². The van der Waals surface area contributed by atoms with Crippen LogP contribution in [-0.4, -0.2) is 14.3 Å². The molecule has 2 radical (unpaired) electrons. The van der Waals surface area contributed by atoms with Gasteiger partial charge < -0.3 is 20.6 Å². The first-order chi connectivity index (χ1) is 7.46. The first-order valence-electron chi connectivity index (χ1n) is 6.40. The van der Waals surface area contributed by atoms with Crippen molar-refractivity contribution in [2.75, 3.05) is 0 Å². The summed E-state index contributed by atoms with van der Waals surface area (Å²) >= 11 is 0. The average Bonchev–Trinajstić information content (AvgIpc) is 2.28. The minimum atomic E-state index is -0.250. The fourth-order valence-corrected chi connectivity index (χ4v) is 4.19. The summed E-state index contributed by atoms with van der Waals surface area (Å²) in [6.45, 7) is 19.5. The quantitative estimate of drug-likeness (QED) is 0.397. The standard InChI is InChI=1S/C11H19Si.C4H10N.2CH3.Ti/c1-7-8(2)10(4)11(9(7)3)12(5)6;1-4(2,3)5;;;/h9H,1-6H3;5H,1-3H3;2*1H3;/q;3*-1;+3. The second kappa shape index (κ2) is 11.0. The molecule has 20 heavy (non-hydrogen) atoms. The molecule has 0 aliphatic heterocycles. The van der Waals surface area contributed by atoms with Crippen LogP contribution in [0.2, 0.25) is 13.1 Å². The summed E-state index contributed by atoms with van der Waals surface area (Å²) < 4.78 is 0. The van der Waals surface area contributed by atoms with Crippen LogP contribution < -0.4 is 0 Å². The molecule has 1 atom stereocenters. The smallest absolute Gasteiger partial charge is 0.673 e. The van der Waals surface area contributed by atoms with E-state index in [-0.39, 0.29) is 50.9 Å². The van der Waals surface area contributed by atoms with E-state index in [0.717, 1.165) is 5.92 Å². The van der Waals surface area contributed by atoms with Gasteiger partial charge in [-0.2, -0.15) is 0 Å². The molecule has 0 spiro atoms. The SMILES string of the molecule is CC(C)(C)[NH-].CC1=C(C)C(C)C([Si](C)C)=C1C.[CH3-].[CH3-].[Ti+3]. The summed E-state index contributed by atoms with van der Waals surface area (Å²) in [6, 6.07) is 0. The van der Waals surface area contributed by atoms with Crippen molar-refractivity contribution in [2.45, 2.75) is 67.1 Å². The monoisotopic (exact) mass is 329 g/mol. The van der Waals surface area contributed by atoms with Gasteiger partial charge in [0.15, 0.2) is 0 Å². The molecule has 0 fully saturated rings. The Hall–Kier alpha value is 0.371. The number of rotatable bonds is 1. The molecule has 1 aliphatic carbocycles. The zero-order chi connectivity index (χ0) is 14.0. The zero-order valence-electron chi connectivity index (χ0n) is 15.6. The maximum Gasteiger partial charge on any atom is 3.00 e. The molecular weight excluding hydrogens is 294 g/mol. The van der Waals surface area contributed by atoms with E-state index in [4.69, 9.17) is 5.73 Å². The van der Waals surface area contributed by atoms with Gasteiger partial charge in [0.25, 0.3) is 0 Å². The predicted molar refractivity (Wildman–Crippen MR) is 94.6 cm³/mol. The van der Waals surface area contributed by atoms with Crippen molar-refractivity contribution >= 4 is 8.80 Å². The van der Waals surface area contributed by atoms with Crippen LogP contribution in [0, 0.1) is 20.8 Å². The van der Waals surface area contributed by atoms with Crippen LogP contribution in [0.5, 0.6) is 0 Å². The summed E-state index contributed by atoms with van der Waals surface area (Å²) in [5, 5.41) is 1.75. The number of hydrogen-bond donors (Lipinski definition) is 0. The molecule has 0 bridgehead atoms. The van der Waals surface area contributed by atoms with E-state index in [1.165, 1.54) is 0 Å². The Morgan fingerprint density at radius 3 is 1.35 bits per heavy atom. The zero-order valence-corrected chi connectivity index (χ0v) is 18.1. The second-order valence-corrected chi connectivity index (χ2v) is 8.86. The molecule has 1 aliphatic rings. The van der Waals surface area contributed by atoms with Gasteiger partial charge in [-0.1, -0.05) is 57.1 Å². The van der Waals surface area contributed by atoms with Crippen molar-refractivity contribution in [1.82, 2.24) is 0 Å². The normalized spacial score (nSPS) is 17.9. The Kier molecular flexibility index (Phi) is 15.7. The summed E-state index contributed by atoms with van der Waals surface area (Å²) in [6.07, 6.45) is 0. The van der Waals surface area contributed by atoms with Gasteiger partial charge in [-0.25, -0.2) is 0 Å². The molecule has 116 valence electrons. The van der Waals surface area contributed by atoms with Crippen LogP contribution in [-0.2, 0) is 21.7 Å². The molecule has 1 rings (SSSR count). The van der Waals surface area contributed by atoms with Gasteiger partial charge in [-0.05, 0) is 32.3 Å². The van der Waals surface area contributed by atoms with Crippen molar-refractivity contribution in [3.63, 3.8) is 0 Å². The molecule has 3 heteroatoms. The Labute approximate surface area is 146 Å². The molecular formula is C17H35NSiTi. The summed E-state index contributed by atoms with van der Waals surface area (Å²) in [5.41, 5.74) is 11.4. The number of allylic oxidation sites excluding steroid dienone is 4. The number of hydrogen-bond acceptors (Lipinski definition) is 0. The maximum absolute atomic E-state index is 6.94. The molecule has 0 saturated carbocycles. The van der Waals surface area contributed by atoms with Gasteiger partial charge in [-0.3, -0.25) is 0 Å². The van der Waals surface area contributed by atoms with E-state index >= 15 is 0 Å². The van der Waals surface area contributed by atoms with Crippen LogP contribution in [0.15, 0.2) is 21.9 Å². The van der Waals surface area contributed by atoms with Gasteiger partial charge in [0.05, 0.1) is 8.80 Å². The Morgan fingerprint density at radius 1 is 0.950 bits per heavy atom. The van der Waals surface area contributed by atoms with Gasteiger partial charge in [-0.15, -0.1) is 5.54 Å². The molecule has 1 nitrogen and oxygen atoms in total. The predicted octanol–water partition coefficient (Wildman–Crippen LogP) is 6.32. The molecule has 0 saturated heterocycles. The van der Waals surface area contributed by atoms with Crippen LogP contribution in [0.1, 0.15) is 48.5 Å². The molecule has 0 heterocycles. The van der Waals surface area contributed by atoms with Crippen molar-refractivity contribution < 1.29 is 21.7 Å². The topological polar surface area (TPSA) is 23.8 Å². The van der Waals surface area contributed by atoms with Crippen LogP contribution in [0.4, 0.5) is 0 Å². The van der Waals surface area contributed by atoms with Crippen molar-refractivity contribution in [3.05, 3.63) is 42.5 Å². The van der Waals surface area contributed by atoms with Gasteiger partial charge in [0.2, 0.25) is 0 Å². The largest absolute Gasteiger partial charge is 3.00 e. The fraction of sp³-hybridized carbons (Fsp3) is 0.647. The van der Waals surface area contributed by atoms with Crippen LogP contribution in [0.3, 0.4) is 0 Å². The van der Waals surface area contributed by atoms with E-state index in [9.17, 15) is 0 Å². The van der Waals surface area contributed by atoms with Gasteiger partial charge in [0.1, 0.15) is 0 Å². The van der Waals surface area contributed by atoms with E-state index < -0.39 is 0 Å². The van der Waals surface area contributed by atoms with Crippen molar-refractivity contribution in [1.29, 1.82) is 0 Å². The number of nitrogens with one attached hydrogen (secondary N) is 1. The molecule has 0 aromatic carbocycles. The Morgan fingerprint density at radius 2 is 1.25 bits per heavy atom. The Balaban J connectivity index is -0.000000141. The fourth-order valence-electron chi connectivity index (χ4n) is 2.17. The third-order valence-electron chi connectivity index (χ3n) is 3.18. The molecule has 1 unspecified atom stereocenters. The Bertz CT molecular complexity index is 329. The van der Waals surface area contributed by atoms with E-state index in [2.05, 4.69) is 40.8 Å². The molecule has 0 aromatic heterocycles. The average molecular weight is 329 g/mol. The van der Waals surface area contributed by atoms with Gasteiger partial charge in [0, 0.05) is 0 Å². The third kappa shape index (κ3) is 9.33. The minimum absolute atomic E-state index is 0. The first-order valence-corrected chi connectivity index (χ1v) is 8.90. The van der Waals surface area contributed by atoms with E-state index in [1.807, 2.05) is 20.8 Å². The van der Waals surface area contributed by atoms with Crippen molar-refractivity contribution in [2.24, 2.45) is 5.92 Å². The summed E-state index contributed by atoms with van der Waals surface area (Å²) in [7, 11) is -0.237. The first kappa shape index (κ1) is 28.5. The van der Waals surface area contributed by atoms with Crippen LogP contribution in [0.25, 0.3) is 5.73 Å².